The summed E-state index contributed by atoms with van der Waals surface area (Å²) >= 11 is 3.50. The quantitative estimate of drug-likeness (QED) is 0.792. The Hall–Kier alpha value is -1.88. The molecular weight excluding hydrogens is 292 g/mol. The maximum Gasteiger partial charge on any atom is 0.146 e. The monoisotopic (exact) mass is 302 g/mol. The van der Waals surface area contributed by atoms with Gasteiger partial charge in [-0.05, 0) is 21.5 Å². The lowest BCUT2D eigenvalue weighted by molar-refractivity contribution is 0.822. The Morgan fingerprint density at radius 1 is 1.17 bits per heavy atom. The predicted octanol–water partition coefficient (Wildman–Crippen LogP) is 2.82. The molecule has 0 bridgehead atoms. The number of nitrogens with zero attached hydrogens (tertiary/aromatic N) is 3. The standard InChI is InChI=1S/C13H11BrN4/c14-10-7-18(6-9-4-2-1-3-5-9)13-11(10)12(15)16-8-17-13/h1-5,7-8H,6H2,(H2,15,16,17). The second kappa shape index (κ2) is 4.42. The Morgan fingerprint density at radius 3 is 2.72 bits per heavy atom. The molecule has 18 heavy (non-hydrogen) atoms. The Balaban J connectivity index is 2.11. The van der Waals surface area contributed by atoms with Gasteiger partial charge in [0.25, 0.3) is 0 Å². The van der Waals surface area contributed by atoms with Gasteiger partial charge in [0.15, 0.2) is 0 Å². The van der Waals surface area contributed by atoms with Crippen molar-refractivity contribution in [3.63, 3.8) is 0 Å². The average Bonchev–Trinajstić information content (AvgIpc) is 2.69. The van der Waals surface area contributed by atoms with Crippen LogP contribution in [0.5, 0.6) is 0 Å². The number of rotatable bonds is 2. The van der Waals surface area contributed by atoms with Crippen molar-refractivity contribution in [1.29, 1.82) is 0 Å². The van der Waals surface area contributed by atoms with Gasteiger partial charge < -0.3 is 10.3 Å². The average molecular weight is 303 g/mol. The highest BCUT2D eigenvalue weighted by molar-refractivity contribution is 9.10. The number of halogens is 1. The van der Waals surface area contributed by atoms with Crippen LogP contribution < -0.4 is 5.73 Å². The van der Waals surface area contributed by atoms with Crippen LogP contribution >= 0.6 is 15.9 Å². The SMILES string of the molecule is Nc1ncnc2c1c(Br)cn2Cc1ccccc1. The van der Waals surface area contributed by atoms with Gasteiger partial charge in [-0.15, -0.1) is 0 Å². The summed E-state index contributed by atoms with van der Waals surface area (Å²) in [4.78, 5) is 8.31. The Kier molecular flexibility index (Phi) is 2.76. The largest absolute Gasteiger partial charge is 0.383 e. The van der Waals surface area contributed by atoms with E-state index in [-0.39, 0.29) is 0 Å². The molecular formula is C13H11BrN4. The van der Waals surface area contributed by atoms with E-state index in [0.29, 0.717) is 5.82 Å². The molecule has 4 nitrogen and oxygen atoms in total. The van der Waals surface area contributed by atoms with Crippen molar-refractivity contribution in [3.05, 3.63) is 52.9 Å². The Labute approximate surface area is 113 Å². The van der Waals surface area contributed by atoms with Crippen LogP contribution in [-0.4, -0.2) is 14.5 Å². The minimum absolute atomic E-state index is 0.499. The lowest BCUT2D eigenvalue weighted by Gasteiger charge is -2.04. The first-order valence-electron chi connectivity index (χ1n) is 5.54. The van der Waals surface area contributed by atoms with E-state index in [2.05, 4.69) is 42.6 Å². The van der Waals surface area contributed by atoms with E-state index in [4.69, 9.17) is 5.73 Å². The normalized spacial score (nSPS) is 10.9. The number of nitrogen functional groups attached to an aromatic ring is 1. The van der Waals surface area contributed by atoms with Crippen molar-refractivity contribution < 1.29 is 0 Å². The van der Waals surface area contributed by atoms with Gasteiger partial charge in [0.1, 0.15) is 17.8 Å². The van der Waals surface area contributed by atoms with Crippen molar-refractivity contribution in [1.82, 2.24) is 14.5 Å². The fourth-order valence-corrected chi connectivity index (χ4v) is 2.63. The van der Waals surface area contributed by atoms with Gasteiger partial charge in [0.2, 0.25) is 0 Å². The van der Waals surface area contributed by atoms with Crippen LogP contribution in [0.15, 0.2) is 47.3 Å². The first kappa shape index (κ1) is 11.2. The van der Waals surface area contributed by atoms with E-state index in [9.17, 15) is 0 Å². The van der Waals surface area contributed by atoms with E-state index in [1.807, 2.05) is 24.4 Å². The summed E-state index contributed by atoms with van der Waals surface area (Å²) in [6.07, 6.45) is 3.48. The molecule has 0 saturated heterocycles. The van der Waals surface area contributed by atoms with Gasteiger partial charge in [-0.25, -0.2) is 9.97 Å². The first-order chi connectivity index (χ1) is 8.75. The third kappa shape index (κ3) is 1.86. The molecule has 0 aliphatic rings. The van der Waals surface area contributed by atoms with Gasteiger partial charge in [0.05, 0.1) is 5.39 Å². The third-order valence-electron chi connectivity index (χ3n) is 2.83. The highest BCUT2D eigenvalue weighted by atomic mass is 79.9. The van der Waals surface area contributed by atoms with Crippen LogP contribution in [0, 0.1) is 0 Å². The molecule has 2 aromatic heterocycles. The van der Waals surface area contributed by atoms with E-state index >= 15 is 0 Å². The molecule has 1 aromatic carbocycles. The lowest BCUT2D eigenvalue weighted by Crippen LogP contribution is -2.00. The molecule has 3 rings (SSSR count). The molecule has 0 amide bonds. The van der Waals surface area contributed by atoms with Crippen molar-refractivity contribution in [2.45, 2.75) is 6.54 Å². The zero-order valence-electron chi connectivity index (χ0n) is 9.55. The number of benzene rings is 1. The number of aromatic nitrogens is 3. The Morgan fingerprint density at radius 2 is 1.94 bits per heavy atom. The van der Waals surface area contributed by atoms with Crippen LogP contribution in [0.1, 0.15) is 5.56 Å². The summed E-state index contributed by atoms with van der Waals surface area (Å²) in [5, 5.41) is 0.869. The zero-order chi connectivity index (χ0) is 12.5. The number of nitrogens with two attached hydrogens (primary N) is 1. The highest BCUT2D eigenvalue weighted by Gasteiger charge is 2.11. The van der Waals surface area contributed by atoms with Gasteiger partial charge in [0, 0.05) is 17.2 Å². The van der Waals surface area contributed by atoms with E-state index < -0.39 is 0 Å². The minimum atomic E-state index is 0.499. The number of hydrogen-bond acceptors (Lipinski definition) is 3. The molecule has 0 unspecified atom stereocenters. The van der Waals surface area contributed by atoms with Crippen molar-refractivity contribution in [2.24, 2.45) is 0 Å². The fourth-order valence-electron chi connectivity index (χ4n) is 2.00. The molecule has 2 N–H and O–H groups in total. The fraction of sp³-hybridized carbons (Fsp3) is 0.0769. The van der Waals surface area contributed by atoms with E-state index in [1.54, 1.807) is 0 Å². The van der Waals surface area contributed by atoms with E-state index in [0.717, 1.165) is 22.1 Å². The summed E-state index contributed by atoms with van der Waals surface area (Å²) in [5.41, 5.74) is 7.94. The molecule has 2 heterocycles. The van der Waals surface area contributed by atoms with Crippen molar-refractivity contribution in [2.75, 3.05) is 5.73 Å². The maximum atomic E-state index is 5.87. The molecule has 0 aliphatic carbocycles. The highest BCUT2D eigenvalue weighted by Crippen LogP contribution is 2.28. The summed E-state index contributed by atoms with van der Waals surface area (Å²) in [7, 11) is 0. The molecule has 0 fully saturated rings. The van der Waals surface area contributed by atoms with Gasteiger partial charge in [-0.3, -0.25) is 0 Å². The zero-order valence-corrected chi connectivity index (χ0v) is 11.1. The Bertz CT molecular complexity index is 691. The molecule has 3 aromatic rings. The van der Waals surface area contributed by atoms with Crippen LogP contribution in [0.2, 0.25) is 0 Å². The summed E-state index contributed by atoms with van der Waals surface area (Å²) in [5.74, 6) is 0.499. The van der Waals surface area contributed by atoms with Crippen molar-refractivity contribution >= 4 is 32.8 Å². The molecule has 90 valence electrons. The molecule has 0 radical (unpaired) electrons. The molecule has 0 aliphatic heterocycles. The van der Waals surface area contributed by atoms with Crippen LogP contribution in [0.3, 0.4) is 0 Å². The van der Waals surface area contributed by atoms with E-state index in [1.165, 1.54) is 11.9 Å². The smallest absolute Gasteiger partial charge is 0.146 e. The molecule has 0 spiro atoms. The summed E-state index contributed by atoms with van der Waals surface area (Å²) < 4.78 is 2.99. The van der Waals surface area contributed by atoms with Gasteiger partial charge in [-0.2, -0.15) is 0 Å². The maximum absolute atomic E-state index is 5.87. The second-order valence-electron chi connectivity index (χ2n) is 4.05. The van der Waals surface area contributed by atoms with Crippen molar-refractivity contribution in [3.8, 4) is 0 Å². The summed E-state index contributed by atoms with van der Waals surface area (Å²) in [6.45, 7) is 0.763. The number of hydrogen-bond donors (Lipinski definition) is 1. The first-order valence-corrected chi connectivity index (χ1v) is 6.34. The predicted molar refractivity (Wildman–Crippen MR) is 75.2 cm³/mol. The number of fused-ring (bicyclic) bond motifs is 1. The number of anilines is 1. The van der Waals surface area contributed by atoms with Crippen LogP contribution in [-0.2, 0) is 6.54 Å². The molecule has 5 heteroatoms. The molecule has 0 atom stereocenters. The van der Waals surface area contributed by atoms with Crippen LogP contribution in [0.25, 0.3) is 11.0 Å². The summed E-state index contributed by atoms with van der Waals surface area (Å²) in [6, 6.07) is 10.2. The topological polar surface area (TPSA) is 56.7 Å². The lowest BCUT2D eigenvalue weighted by atomic mass is 10.2. The minimum Gasteiger partial charge on any atom is -0.383 e. The third-order valence-corrected chi connectivity index (χ3v) is 3.43. The molecule has 0 saturated carbocycles. The van der Waals surface area contributed by atoms with Gasteiger partial charge in [-0.1, -0.05) is 30.3 Å². The van der Waals surface area contributed by atoms with Gasteiger partial charge >= 0.3 is 0 Å². The van der Waals surface area contributed by atoms with Crippen LogP contribution in [0.4, 0.5) is 5.82 Å². The second-order valence-corrected chi connectivity index (χ2v) is 4.90.